The first kappa shape index (κ1) is 12.8. The fourth-order valence-corrected chi connectivity index (χ4v) is 2.47. The van der Waals surface area contributed by atoms with Gasteiger partial charge in [0.25, 0.3) is 5.91 Å². The molecule has 2 rings (SSSR count). The molecule has 1 aromatic rings. The molecule has 1 aliphatic heterocycles. The minimum Gasteiger partial charge on any atom is -0.497 e. The highest BCUT2D eigenvalue weighted by Crippen LogP contribution is 2.22. The van der Waals surface area contributed by atoms with Crippen molar-refractivity contribution in [3.63, 3.8) is 0 Å². The summed E-state index contributed by atoms with van der Waals surface area (Å²) in [6.07, 6.45) is 1.79. The van der Waals surface area contributed by atoms with E-state index in [0.29, 0.717) is 22.8 Å². The number of hydrogen-bond donors (Lipinski definition) is 1. The van der Waals surface area contributed by atoms with Gasteiger partial charge in [-0.3, -0.25) is 4.79 Å². The van der Waals surface area contributed by atoms with E-state index >= 15 is 0 Å². The van der Waals surface area contributed by atoms with Crippen LogP contribution in [0.1, 0.15) is 23.2 Å². The van der Waals surface area contributed by atoms with Gasteiger partial charge in [0.1, 0.15) is 5.75 Å². The Kier molecular flexibility index (Phi) is 3.81. The molecule has 0 saturated carbocycles. The summed E-state index contributed by atoms with van der Waals surface area (Å²) in [5.74, 6) is 0.635. The molecule has 18 heavy (non-hydrogen) atoms. The van der Waals surface area contributed by atoms with Gasteiger partial charge < -0.3 is 15.4 Å². The van der Waals surface area contributed by atoms with E-state index in [2.05, 4.69) is 0 Å². The SMILES string of the molecule is COc1cccc(C(=O)N2CCCC2C(N)=S)c1. The number of hydrogen-bond acceptors (Lipinski definition) is 3. The maximum Gasteiger partial charge on any atom is 0.254 e. The topological polar surface area (TPSA) is 55.6 Å². The maximum atomic E-state index is 12.4. The van der Waals surface area contributed by atoms with Crippen LogP contribution < -0.4 is 10.5 Å². The molecule has 0 aliphatic carbocycles. The second-order valence-corrected chi connectivity index (χ2v) is 4.76. The molecule has 1 heterocycles. The second-order valence-electron chi connectivity index (χ2n) is 4.29. The predicted octanol–water partition coefficient (Wildman–Crippen LogP) is 1.59. The van der Waals surface area contributed by atoms with Gasteiger partial charge in [-0.25, -0.2) is 0 Å². The Hall–Kier alpha value is -1.62. The Morgan fingerprint density at radius 3 is 3.00 bits per heavy atom. The minimum absolute atomic E-state index is 0.0378. The molecule has 0 spiro atoms. The quantitative estimate of drug-likeness (QED) is 0.842. The molecule has 0 radical (unpaired) electrons. The van der Waals surface area contributed by atoms with Crippen molar-refractivity contribution >= 4 is 23.1 Å². The number of carbonyl (C=O) groups excluding carboxylic acids is 1. The number of nitrogens with zero attached hydrogens (tertiary/aromatic N) is 1. The van der Waals surface area contributed by atoms with E-state index < -0.39 is 0 Å². The van der Waals surface area contributed by atoms with E-state index in [1.54, 1.807) is 30.2 Å². The van der Waals surface area contributed by atoms with E-state index in [1.165, 1.54) is 0 Å². The van der Waals surface area contributed by atoms with Crippen LogP contribution in [-0.2, 0) is 0 Å². The highest BCUT2D eigenvalue weighted by Gasteiger charge is 2.31. The van der Waals surface area contributed by atoms with Crippen molar-refractivity contribution in [1.29, 1.82) is 0 Å². The largest absolute Gasteiger partial charge is 0.497 e. The standard InChI is InChI=1S/C13H16N2O2S/c1-17-10-5-2-4-9(8-10)13(16)15-7-3-6-11(15)12(14)18/h2,4-5,8,11H,3,6-7H2,1H3,(H2,14,18). The van der Waals surface area contributed by atoms with Crippen LogP contribution in [-0.4, -0.2) is 35.5 Å². The molecule has 1 saturated heterocycles. The molecule has 1 aromatic carbocycles. The molecule has 1 amide bonds. The van der Waals surface area contributed by atoms with E-state index in [1.807, 2.05) is 6.07 Å². The molecule has 5 heteroatoms. The van der Waals surface area contributed by atoms with Gasteiger partial charge >= 0.3 is 0 Å². The van der Waals surface area contributed by atoms with Crippen molar-refractivity contribution in [3.8, 4) is 5.75 Å². The number of nitrogens with two attached hydrogens (primary N) is 1. The first-order chi connectivity index (χ1) is 8.63. The van der Waals surface area contributed by atoms with Crippen molar-refractivity contribution in [2.75, 3.05) is 13.7 Å². The summed E-state index contributed by atoms with van der Waals surface area (Å²) in [4.78, 5) is 14.5. The average Bonchev–Trinajstić information content (AvgIpc) is 2.87. The number of benzene rings is 1. The number of rotatable bonds is 3. The van der Waals surface area contributed by atoms with Gasteiger partial charge in [0.15, 0.2) is 0 Å². The molecule has 1 unspecified atom stereocenters. The zero-order valence-corrected chi connectivity index (χ0v) is 11.1. The van der Waals surface area contributed by atoms with E-state index in [0.717, 1.165) is 12.8 Å². The van der Waals surface area contributed by atoms with Crippen LogP contribution in [0.4, 0.5) is 0 Å². The van der Waals surface area contributed by atoms with Crippen molar-refractivity contribution in [2.24, 2.45) is 5.73 Å². The fourth-order valence-electron chi connectivity index (χ4n) is 2.23. The molecular weight excluding hydrogens is 248 g/mol. The minimum atomic E-state index is -0.112. The van der Waals surface area contributed by atoms with Crippen LogP contribution >= 0.6 is 12.2 Å². The van der Waals surface area contributed by atoms with Crippen LogP contribution in [0.25, 0.3) is 0 Å². The van der Waals surface area contributed by atoms with Crippen LogP contribution in [0.15, 0.2) is 24.3 Å². The van der Waals surface area contributed by atoms with Crippen molar-refractivity contribution in [2.45, 2.75) is 18.9 Å². The number of carbonyl (C=O) groups is 1. The number of methoxy groups -OCH3 is 1. The molecule has 2 N–H and O–H groups in total. The van der Waals surface area contributed by atoms with Gasteiger partial charge in [-0.2, -0.15) is 0 Å². The first-order valence-corrected chi connectivity index (χ1v) is 6.28. The highest BCUT2D eigenvalue weighted by molar-refractivity contribution is 7.80. The second kappa shape index (κ2) is 5.35. The molecule has 1 aliphatic rings. The zero-order valence-electron chi connectivity index (χ0n) is 10.3. The van der Waals surface area contributed by atoms with Gasteiger partial charge in [0.05, 0.1) is 18.1 Å². The summed E-state index contributed by atoms with van der Waals surface area (Å²) in [7, 11) is 1.58. The number of likely N-dealkylation sites (tertiary alicyclic amines) is 1. The zero-order chi connectivity index (χ0) is 13.1. The number of amides is 1. The Morgan fingerprint density at radius 1 is 1.56 bits per heavy atom. The molecule has 4 nitrogen and oxygen atoms in total. The highest BCUT2D eigenvalue weighted by atomic mass is 32.1. The van der Waals surface area contributed by atoms with Crippen LogP contribution in [0.5, 0.6) is 5.75 Å². The Balaban J connectivity index is 2.22. The lowest BCUT2D eigenvalue weighted by molar-refractivity contribution is 0.0770. The van der Waals surface area contributed by atoms with Crippen LogP contribution in [0.3, 0.4) is 0 Å². The molecule has 0 aromatic heterocycles. The van der Waals surface area contributed by atoms with Gasteiger partial charge in [0.2, 0.25) is 0 Å². The number of ether oxygens (including phenoxy) is 1. The molecule has 96 valence electrons. The van der Waals surface area contributed by atoms with E-state index in [-0.39, 0.29) is 11.9 Å². The van der Waals surface area contributed by atoms with Gasteiger partial charge in [-0.15, -0.1) is 0 Å². The summed E-state index contributed by atoms with van der Waals surface area (Å²) < 4.78 is 5.12. The average molecular weight is 264 g/mol. The van der Waals surface area contributed by atoms with Crippen LogP contribution in [0, 0.1) is 0 Å². The summed E-state index contributed by atoms with van der Waals surface area (Å²) in [6.45, 7) is 0.706. The summed E-state index contributed by atoms with van der Waals surface area (Å²) in [5, 5.41) is 0. The third-order valence-electron chi connectivity index (χ3n) is 3.16. The van der Waals surface area contributed by atoms with Crippen LogP contribution in [0.2, 0.25) is 0 Å². The van der Waals surface area contributed by atoms with Crippen molar-refractivity contribution in [1.82, 2.24) is 4.90 Å². The molecular formula is C13H16N2O2S. The summed E-state index contributed by atoms with van der Waals surface area (Å²) in [6, 6.07) is 7.01. The lowest BCUT2D eigenvalue weighted by atomic mass is 10.1. The first-order valence-electron chi connectivity index (χ1n) is 5.88. The summed E-state index contributed by atoms with van der Waals surface area (Å²) >= 11 is 5.01. The smallest absolute Gasteiger partial charge is 0.254 e. The van der Waals surface area contributed by atoms with Gasteiger partial charge in [0, 0.05) is 12.1 Å². The molecule has 1 atom stereocenters. The van der Waals surface area contributed by atoms with Crippen molar-refractivity contribution < 1.29 is 9.53 Å². The Labute approximate surface area is 112 Å². The Morgan fingerprint density at radius 2 is 2.33 bits per heavy atom. The van der Waals surface area contributed by atoms with Gasteiger partial charge in [-0.1, -0.05) is 18.3 Å². The number of thiocarbonyl (C=S) groups is 1. The predicted molar refractivity (Wildman–Crippen MR) is 73.8 cm³/mol. The van der Waals surface area contributed by atoms with E-state index in [9.17, 15) is 4.79 Å². The fraction of sp³-hybridized carbons (Fsp3) is 0.385. The third kappa shape index (κ3) is 2.46. The monoisotopic (exact) mass is 264 g/mol. The lowest BCUT2D eigenvalue weighted by Crippen LogP contribution is -2.42. The van der Waals surface area contributed by atoms with E-state index in [4.69, 9.17) is 22.7 Å². The third-order valence-corrected chi connectivity index (χ3v) is 3.43. The molecule has 0 bridgehead atoms. The van der Waals surface area contributed by atoms with Crippen molar-refractivity contribution in [3.05, 3.63) is 29.8 Å². The molecule has 1 fully saturated rings. The lowest BCUT2D eigenvalue weighted by Gasteiger charge is -2.23. The van der Waals surface area contributed by atoms with Gasteiger partial charge in [-0.05, 0) is 31.0 Å². The maximum absolute atomic E-state index is 12.4. The Bertz CT molecular complexity index is 476. The summed E-state index contributed by atoms with van der Waals surface area (Å²) in [5.41, 5.74) is 6.28. The normalized spacial score (nSPS) is 18.7.